The van der Waals surface area contributed by atoms with Crippen molar-refractivity contribution in [3.8, 4) is 0 Å². The molecule has 0 bridgehead atoms. The number of carbonyl (C=O) groups excluding carboxylic acids is 1. The van der Waals surface area contributed by atoms with Crippen LogP contribution < -0.4 is 5.73 Å². The third-order valence-corrected chi connectivity index (χ3v) is 3.40. The average Bonchev–Trinajstić information content (AvgIpc) is 2.36. The first-order chi connectivity index (χ1) is 8.76. The highest BCUT2D eigenvalue weighted by atomic mass is 16.4. The van der Waals surface area contributed by atoms with Gasteiger partial charge in [-0.3, -0.25) is 4.79 Å². The minimum Gasteiger partial charge on any atom is -0.480 e. The zero-order valence-electron chi connectivity index (χ0n) is 11.5. The van der Waals surface area contributed by atoms with Gasteiger partial charge in [-0.15, -0.1) is 0 Å². The summed E-state index contributed by atoms with van der Waals surface area (Å²) < 4.78 is 0. The Morgan fingerprint density at radius 3 is 2.42 bits per heavy atom. The summed E-state index contributed by atoms with van der Waals surface area (Å²) in [6.45, 7) is 3.01. The van der Waals surface area contributed by atoms with Crippen molar-refractivity contribution in [2.45, 2.75) is 32.2 Å². The van der Waals surface area contributed by atoms with Crippen LogP contribution in [0.4, 0.5) is 5.69 Å². The van der Waals surface area contributed by atoms with Crippen LogP contribution in [0.1, 0.15) is 25.8 Å². The number of carboxylic acids is 1. The summed E-state index contributed by atoms with van der Waals surface area (Å²) in [5, 5.41) is 9.08. The molecular weight excluding hydrogens is 244 g/mol. The molecule has 0 unspecified atom stereocenters. The van der Waals surface area contributed by atoms with Gasteiger partial charge < -0.3 is 15.7 Å². The van der Waals surface area contributed by atoms with Gasteiger partial charge in [0.25, 0.3) is 0 Å². The van der Waals surface area contributed by atoms with E-state index in [2.05, 4.69) is 0 Å². The van der Waals surface area contributed by atoms with Crippen molar-refractivity contribution in [2.75, 3.05) is 12.8 Å². The van der Waals surface area contributed by atoms with Crippen LogP contribution in [-0.2, 0) is 16.0 Å². The predicted molar refractivity (Wildman–Crippen MR) is 73.7 cm³/mol. The van der Waals surface area contributed by atoms with E-state index >= 15 is 0 Å². The largest absolute Gasteiger partial charge is 0.480 e. The second kappa shape index (κ2) is 5.73. The number of anilines is 1. The topological polar surface area (TPSA) is 83.6 Å². The Morgan fingerprint density at radius 2 is 1.89 bits per heavy atom. The van der Waals surface area contributed by atoms with E-state index in [0.29, 0.717) is 12.1 Å². The molecule has 0 fully saturated rings. The van der Waals surface area contributed by atoms with E-state index in [0.717, 1.165) is 5.56 Å². The fourth-order valence-electron chi connectivity index (χ4n) is 1.63. The van der Waals surface area contributed by atoms with Gasteiger partial charge in [0.1, 0.15) is 5.54 Å². The molecule has 0 spiro atoms. The van der Waals surface area contributed by atoms with Gasteiger partial charge in [-0.05, 0) is 31.9 Å². The fourth-order valence-corrected chi connectivity index (χ4v) is 1.63. The summed E-state index contributed by atoms with van der Waals surface area (Å²) in [6.07, 6.45) is 0.743. The highest BCUT2D eigenvalue weighted by molar-refractivity contribution is 5.86. The number of nitrogens with two attached hydrogens (primary N) is 1. The summed E-state index contributed by atoms with van der Waals surface area (Å²) in [6, 6.07) is 7.34. The lowest BCUT2D eigenvalue weighted by atomic mass is 10.0. The first-order valence-corrected chi connectivity index (χ1v) is 6.10. The minimum atomic E-state index is -1.21. The summed E-state index contributed by atoms with van der Waals surface area (Å²) in [4.78, 5) is 24.3. The molecule has 19 heavy (non-hydrogen) atoms. The highest BCUT2D eigenvalue weighted by Crippen LogP contribution is 2.17. The lowest BCUT2D eigenvalue weighted by Gasteiger charge is -2.31. The molecule has 0 saturated heterocycles. The molecule has 0 aliphatic heterocycles. The molecule has 0 aliphatic rings. The molecule has 5 nitrogen and oxygen atoms in total. The number of carboxylic acid groups (broad SMARTS) is 1. The van der Waals surface area contributed by atoms with Crippen molar-refractivity contribution in [1.29, 1.82) is 0 Å². The van der Waals surface area contributed by atoms with Crippen molar-refractivity contribution >= 4 is 17.6 Å². The number of hydrogen-bond donors (Lipinski definition) is 2. The van der Waals surface area contributed by atoms with Gasteiger partial charge in [0.05, 0.1) is 0 Å². The second-order valence-corrected chi connectivity index (χ2v) is 5.02. The number of hydrogen-bond acceptors (Lipinski definition) is 3. The smallest absolute Gasteiger partial charge is 0.329 e. The molecule has 3 N–H and O–H groups in total. The van der Waals surface area contributed by atoms with E-state index in [4.69, 9.17) is 10.8 Å². The Hall–Kier alpha value is -2.04. The highest BCUT2D eigenvalue weighted by Gasteiger charge is 2.34. The molecule has 0 atom stereocenters. The molecule has 0 aliphatic carbocycles. The first kappa shape index (κ1) is 15.0. The average molecular weight is 264 g/mol. The van der Waals surface area contributed by atoms with Crippen LogP contribution in [0.25, 0.3) is 0 Å². The molecule has 1 rings (SSSR count). The molecule has 0 saturated carbocycles. The van der Waals surface area contributed by atoms with Crippen LogP contribution in [0, 0.1) is 0 Å². The van der Waals surface area contributed by atoms with Gasteiger partial charge in [0.2, 0.25) is 5.91 Å². The molecule has 0 heterocycles. The molecular formula is C14H20N2O3. The summed E-state index contributed by atoms with van der Waals surface area (Å²) in [5.74, 6) is -1.24. The summed E-state index contributed by atoms with van der Waals surface area (Å²) in [7, 11) is 1.50. The van der Waals surface area contributed by atoms with Gasteiger partial charge in [0, 0.05) is 19.2 Å². The van der Waals surface area contributed by atoms with E-state index in [9.17, 15) is 9.59 Å². The number of rotatable bonds is 5. The maximum Gasteiger partial charge on any atom is 0.329 e. The molecule has 0 radical (unpaired) electrons. The number of aliphatic carboxylic acids is 1. The van der Waals surface area contributed by atoms with Crippen LogP contribution >= 0.6 is 0 Å². The van der Waals surface area contributed by atoms with Crippen LogP contribution in [-0.4, -0.2) is 34.5 Å². The summed E-state index contributed by atoms with van der Waals surface area (Å²) in [5.41, 5.74) is 6.14. The Kier molecular flexibility index (Phi) is 4.53. The Balaban J connectivity index is 2.66. The lowest BCUT2D eigenvalue weighted by Crippen LogP contribution is -2.50. The molecule has 0 aromatic heterocycles. The van der Waals surface area contributed by atoms with Gasteiger partial charge >= 0.3 is 5.97 Å². The van der Waals surface area contributed by atoms with Crippen molar-refractivity contribution in [1.82, 2.24) is 4.90 Å². The van der Waals surface area contributed by atoms with Crippen molar-refractivity contribution in [2.24, 2.45) is 0 Å². The van der Waals surface area contributed by atoms with Crippen LogP contribution in [0.2, 0.25) is 0 Å². The molecule has 1 aromatic rings. The zero-order valence-corrected chi connectivity index (χ0v) is 11.5. The van der Waals surface area contributed by atoms with Crippen LogP contribution in [0.5, 0.6) is 0 Å². The van der Waals surface area contributed by atoms with E-state index in [1.165, 1.54) is 25.8 Å². The van der Waals surface area contributed by atoms with Gasteiger partial charge in [0.15, 0.2) is 0 Å². The number of carbonyl (C=O) groups is 2. The quantitative estimate of drug-likeness (QED) is 0.790. The second-order valence-electron chi connectivity index (χ2n) is 5.02. The van der Waals surface area contributed by atoms with Crippen molar-refractivity contribution in [3.63, 3.8) is 0 Å². The number of amides is 1. The van der Waals surface area contributed by atoms with E-state index in [-0.39, 0.29) is 12.3 Å². The predicted octanol–water partition coefficient (Wildman–Crippen LogP) is 1.52. The number of aryl methyl sites for hydroxylation is 1. The Labute approximate surface area is 113 Å². The van der Waals surface area contributed by atoms with Crippen LogP contribution in [0.3, 0.4) is 0 Å². The van der Waals surface area contributed by atoms with E-state index in [1.54, 1.807) is 6.07 Å². The minimum absolute atomic E-state index is 0.212. The summed E-state index contributed by atoms with van der Waals surface area (Å²) >= 11 is 0. The monoisotopic (exact) mass is 264 g/mol. The SMILES string of the molecule is CN(C(=O)CCc1ccccc1N)C(C)(C)C(=O)O. The van der Waals surface area contributed by atoms with Gasteiger partial charge in [-0.2, -0.15) is 0 Å². The number of para-hydroxylation sites is 1. The number of nitrogens with zero attached hydrogens (tertiary/aromatic N) is 1. The van der Waals surface area contributed by atoms with E-state index < -0.39 is 11.5 Å². The lowest BCUT2D eigenvalue weighted by molar-refractivity contribution is -0.155. The molecule has 5 heteroatoms. The van der Waals surface area contributed by atoms with Gasteiger partial charge in [-0.1, -0.05) is 18.2 Å². The first-order valence-electron chi connectivity index (χ1n) is 6.10. The maximum atomic E-state index is 12.0. The Morgan fingerprint density at radius 1 is 1.32 bits per heavy atom. The van der Waals surface area contributed by atoms with Gasteiger partial charge in [-0.25, -0.2) is 4.79 Å². The fraction of sp³-hybridized carbons (Fsp3) is 0.429. The van der Waals surface area contributed by atoms with E-state index in [1.807, 2.05) is 18.2 Å². The Bertz CT molecular complexity index is 483. The standard InChI is InChI=1S/C14H20N2O3/c1-14(2,13(18)19)16(3)12(17)9-8-10-6-4-5-7-11(10)15/h4-7H,8-9,15H2,1-3H3,(H,18,19). The number of likely N-dealkylation sites (N-methyl/N-ethyl adjacent to an activating group) is 1. The zero-order chi connectivity index (χ0) is 14.6. The maximum absolute atomic E-state index is 12.0. The van der Waals surface area contributed by atoms with Crippen molar-refractivity contribution < 1.29 is 14.7 Å². The van der Waals surface area contributed by atoms with Crippen LogP contribution in [0.15, 0.2) is 24.3 Å². The normalized spacial score (nSPS) is 11.1. The third-order valence-electron chi connectivity index (χ3n) is 3.40. The molecule has 1 amide bonds. The van der Waals surface area contributed by atoms with Crippen molar-refractivity contribution in [3.05, 3.63) is 29.8 Å². The number of benzene rings is 1. The molecule has 104 valence electrons. The third kappa shape index (κ3) is 3.47. The molecule has 1 aromatic carbocycles. The number of nitrogen functional groups attached to an aromatic ring is 1.